The lowest BCUT2D eigenvalue weighted by molar-refractivity contribution is -0.141. The lowest BCUT2D eigenvalue weighted by Gasteiger charge is -2.23. The van der Waals surface area contributed by atoms with Gasteiger partial charge in [0.2, 0.25) is 0 Å². The number of carbonyl (C=O) groups excluding carboxylic acids is 1. The number of anilines is 1. The second kappa shape index (κ2) is 12.5. The van der Waals surface area contributed by atoms with Crippen molar-refractivity contribution >= 4 is 17.5 Å². The first-order valence-corrected chi connectivity index (χ1v) is 10.5. The largest absolute Gasteiger partial charge is 0.494 e. The van der Waals surface area contributed by atoms with Crippen molar-refractivity contribution in [2.45, 2.75) is 39.7 Å². The molecule has 4 N–H and O–H groups in total. The quantitative estimate of drug-likeness (QED) is 0.125. The average Bonchev–Trinajstić information content (AvgIpc) is 2.78. The number of benzene rings is 2. The van der Waals surface area contributed by atoms with Crippen molar-refractivity contribution in [2.75, 3.05) is 25.1 Å². The normalized spacial score (nSPS) is 11.4. The van der Waals surface area contributed by atoms with Crippen LogP contribution < -0.4 is 20.3 Å². The van der Waals surface area contributed by atoms with Crippen molar-refractivity contribution in [1.29, 1.82) is 5.41 Å². The van der Waals surface area contributed by atoms with Crippen LogP contribution in [0.5, 0.6) is 11.5 Å². The fraction of sp³-hybridized carbons (Fsp3) is 0.391. The SMILES string of the molecule is CCOc1cc(OCC)c(F)c(C(CCCOC(C)=O)Nc2ccc(C(=N)NO)cc2)c1. The molecule has 0 aromatic heterocycles. The molecule has 8 nitrogen and oxygen atoms in total. The summed E-state index contributed by atoms with van der Waals surface area (Å²) >= 11 is 0. The van der Waals surface area contributed by atoms with Gasteiger partial charge in [0.25, 0.3) is 0 Å². The van der Waals surface area contributed by atoms with E-state index in [0.717, 1.165) is 0 Å². The number of amidine groups is 1. The average molecular weight is 448 g/mol. The molecule has 9 heteroatoms. The first-order chi connectivity index (χ1) is 15.4. The van der Waals surface area contributed by atoms with E-state index in [0.29, 0.717) is 48.6 Å². The van der Waals surface area contributed by atoms with Crippen LogP contribution in [0.3, 0.4) is 0 Å². The smallest absolute Gasteiger partial charge is 0.302 e. The number of rotatable bonds is 12. The van der Waals surface area contributed by atoms with Gasteiger partial charge in [-0.15, -0.1) is 0 Å². The fourth-order valence-corrected chi connectivity index (χ4v) is 3.16. The van der Waals surface area contributed by atoms with Gasteiger partial charge in [0.05, 0.1) is 25.9 Å². The number of nitrogens with one attached hydrogen (secondary N) is 3. The third-order valence-electron chi connectivity index (χ3n) is 4.60. The second-order valence-corrected chi connectivity index (χ2v) is 6.93. The number of ether oxygens (including phenoxy) is 3. The molecule has 1 unspecified atom stereocenters. The summed E-state index contributed by atoms with van der Waals surface area (Å²) in [5.41, 5.74) is 3.35. The molecular weight excluding hydrogens is 417 g/mol. The summed E-state index contributed by atoms with van der Waals surface area (Å²) in [7, 11) is 0. The molecule has 2 aromatic carbocycles. The highest BCUT2D eigenvalue weighted by atomic mass is 19.1. The Morgan fingerprint density at radius 1 is 1.16 bits per heavy atom. The van der Waals surface area contributed by atoms with E-state index in [4.69, 9.17) is 24.8 Å². The molecule has 0 amide bonds. The van der Waals surface area contributed by atoms with Crippen LogP contribution in [0.2, 0.25) is 0 Å². The molecule has 2 aromatic rings. The number of hydrogen-bond donors (Lipinski definition) is 4. The number of esters is 1. The van der Waals surface area contributed by atoms with Crippen molar-refractivity contribution in [3.8, 4) is 11.5 Å². The van der Waals surface area contributed by atoms with Crippen LogP contribution in [0.15, 0.2) is 36.4 Å². The Morgan fingerprint density at radius 3 is 2.44 bits per heavy atom. The van der Waals surface area contributed by atoms with Gasteiger partial charge in [0.1, 0.15) is 11.6 Å². The number of hydroxylamine groups is 1. The summed E-state index contributed by atoms with van der Waals surface area (Å²) in [6.45, 7) is 5.92. The van der Waals surface area contributed by atoms with E-state index in [1.807, 2.05) is 6.92 Å². The Balaban J connectivity index is 2.35. The van der Waals surface area contributed by atoms with Crippen LogP contribution in [-0.4, -0.2) is 36.8 Å². The highest BCUT2D eigenvalue weighted by Gasteiger charge is 2.21. The van der Waals surface area contributed by atoms with E-state index in [1.165, 1.54) is 13.0 Å². The molecule has 0 heterocycles. The van der Waals surface area contributed by atoms with Crippen LogP contribution in [0.1, 0.15) is 50.8 Å². The topological polar surface area (TPSA) is 113 Å². The number of halogens is 1. The molecule has 0 spiro atoms. The third-order valence-corrected chi connectivity index (χ3v) is 4.60. The molecule has 0 radical (unpaired) electrons. The van der Waals surface area contributed by atoms with Crippen LogP contribution >= 0.6 is 0 Å². The van der Waals surface area contributed by atoms with E-state index in [-0.39, 0.29) is 24.2 Å². The minimum Gasteiger partial charge on any atom is -0.494 e. The summed E-state index contributed by atoms with van der Waals surface area (Å²) in [5.74, 6) is -0.377. The van der Waals surface area contributed by atoms with Crippen molar-refractivity contribution in [3.63, 3.8) is 0 Å². The Morgan fingerprint density at radius 2 is 1.84 bits per heavy atom. The van der Waals surface area contributed by atoms with E-state index in [1.54, 1.807) is 42.7 Å². The first-order valence-electron chi connectivity index (χ1n) is 10.5. The Labute approximate surface area is 187 Å². The minimum absolute atomic E-state index is 0.109. The molecular formula is C23H30FN3O5. The molecule has 2 rings (SSSR count). The zero-order chi connectivity index (χ0) is 23.5. The summed E-state index contributed by atoms with van der Waals surface area (Å²) in [6, 6.07) is 9.48. The Bertz CT molecular complexity index is 905. The van der Waals surface area contributed by atoms with Crippen molar-refractivity contribution in [2.24, 2.45) is 0 Å². The predicted octanol–water partition coefficient (Wildman–Crippen LogP) is 4.42. The summed E-state index contributed by atoms with van der Waals surface area (Å²) in [4.78, 5) is 11.1. The first kappa shape index (κ1) is 24.9. The Hall–Kier alpha value is -3.33. The lowest BCUT2D eigenvalue weighted by Crippen LogP contribution is -2.19. The molecule has 1 atom stereocenters. The standard InChI is InChI=1S/C23H30FN3O5/c1-4-30-18-13-19(22(24)21(14-18)31-5-2)20(7-6-12-32-15(3)28)26-17-10-8-16(9-11-17)23(25)27-29/h8-11,13-14,20,26,29H,4-7,12H2,1-3H3,(H2,25,27). The molecule has 0 bridgehead atoms. The van der Waals surface area contributed by atoms with Gasteiger partial charge in [0.15, 0.2) is 11.6 Å². The number of carbonyl (C=O) groups is 1. The van der Waals surface area contributed by atoms with Crippen LogP contribution in [0.25, 0.3) is 0 Å². The third kappa shape index (κ3) is 7.12. The van der Waals surface area contributed by atoms with Gasteiger partial charge in [-0.05, 0) is 57.0 Å². The second-order valence-electron chi connectivity index (χ2n) is 6.93. The van der Waals surface area contributed by atoms with Gasteiger partial charge in [-0.3, -0.25) is 20.9 Å². The van der Waals surface area contributed by atoms with Crippen LogP contribution in [0, 0.1) is 11.2 Å². The van der Waals surface area contributed by atoms with E-state index in [2.05, 4.69) is 5.32 Å². The zero-order valence-corrected chi connectivity index (χ0v) is 18.5. The van der Waals surface area contributed by atoms with Gasteiger partial charge >= 0.3 is 5.97 Å². The zero-order valence-electron chi connectivity index (χ0n) is 18.5. The summed E-state index contributed by atoms with van der Waals surface area (Å²) < 4.78 is 31.4. The molecule has 0 aliphatic rings. The monoisotopic (exact) mass is 447 g/mol. The molecule has 0 aliphatic carbocycles. The van der Waals surface area contributed by atoms with Gasteiger partial charge in [0, 0.05) is 29.8 Å². The maximum absolute atomic E-state index is 15.3. The molecule has 0 aliphatic heterocycles. The van der Waals surface area contributed by atoms with E-state index >= 15 is 4.39 Å². The maximum Gasteiger partial charge on any atom is 0.302 e. The lowest BCUT2D eigenvalue weighted by atomic mass is 9.99. The van der Waals surface area contributed by atoms with Crippen molar-refractivity contribution in [3.05, 3.63) is 53.3 Å². The van der Waals surface area contributed by atoms with Gasteiger partial charge < -0.3 is 19.5 Å². The van der Waals surface area contributed by atoms with Crippen molar-refractivity contribution in [1.82, 2.24) is 5.48 Å². The van der Waals surface area contributed by atoms with Crippen LogP contribution in [0.4, 0.5) is 10.1 Å². The predicted molar refractivity (Wildman–Crippen MR) is 119 cm³/mol. The molecule has 174 valence electrons. The van der Waals surface area contributed by atoms with Gasteiger partial charge in [-0.25, -0.2) is 4.39 Å². The fourth-order valence-electron chi connectivity index (χ4n) is 3.16. The number of hydrogen-bond acceptors (Lipinski definition) is 7. The Kier molecular flexibility index (Phi) is 9.75. The molecule has 0 fully saturated rings. The van der Waals surface area contributed by atoms with Crippen LogP contribution in [-0.2, 0) is 9.53 Å². The summed E-state index contributed by atoms with van der Waals surface area (Å²) in [5, 5.41) is 19.8. The van der Waals surface area contributed by atoms with Gasteiger partial charge in [-0.1, -0.05) is 0 Å². The van der Waals surface area contributed by atoms with Gasteiger partial charge in [-0.2, -0.15) is 0 Å². The maximum atomic E-state index is 15.3. The molecule has 32 heavy (non-hydrogen) atoms. The minimum atomic E-state index is -0.483. The molecule has 0 saturated carbocycles. The highest BCUT2D eigenvalue weighted by Crippen LogP contribution is 2.35. The highest BCUT2D eigenvalue weighted by molar-refractivity contribution is 5.95. The van der Waals surface area contributed by atoms with E-state index < -0.39 is 11.9 Å². The van der Waals surface area contributed by atoms with E-state index in [9.17, 15) is 4.79 Å². The summed E-state index contributed by atoms with van der Waals surface area (Å²) in [6.07, 6.45) is 0.984. The van der Waals surface area contributed by atoms with Crippen molar-refractivity contribution < 1.29 is 28.6 Å². The molecule has 0 saturated heterocycles.